The highest BCUT2D eigenvalue weighted by atomic mass is 79.9. The topological polar surface area (TPSA) is 11.4 Å². The lowest BCUT2D eigenvalue weighted by Crippen LogP contribution is -2.31. The molecule has 1 aromatic heterocycles. The van der Waals surface area contributed by atoms with Crippen molar-refractivity contribution >= 4 is 26.8 Å². The quantitative estimate of drug-likeness (QED) is 0.790. The van der Waals surface area contributed by atoms with Crippen molar-refractivity contribution in [2.75, 3.05) is 33.4 Å². The first kappa shape index (κ1) is 15.7. The van der Waals surface area contributed by atoms with Crippen LogP contribution in [-0.2, 0) is 0 Å². The lowest BCUT2D eigenvalue weighted by atomic mass is 9.85. The summed E-state index contributed by atoms with van der Waals surface area (Å²) in [5.74, 6) is 0.897. The van der Waals surface area contributed by atoms with Gasteiger partial charge in [-0.25, -0.2) is 0 Å². The zero-order valence-corrected chi connectivity index (χ0v) is 15.5. The largest absolute Gasteiger partial charge is 0.344 e. The van der Waals surface area contributed by atoms with Crippen molar-refractivity contribution < 1.29 is 0 Å². The van der Waals surface area contributed by atoms with Gasteiger partial charge in [0.2, 0.25) is 0 Å². The molecule has 0 radical (unpaired) electrons. The molecule has 0 spiro atoms. The summed E-state index contributed by atoms with van der Waals surface area (Å²) < 4.78 is 3.68. The van der Waals surface area contributed by atoms with Crippen LogP contribution < -0.4 is 0 Å². The normalized spacial score (nSPS) is 27.0. The van der Waals surface area contributed by atoms with Gasteiger partial charge >= 0.3 is 0 Å². The maximum absolute atomic E-state index is 3.57. The highest BCUT2D eigenvalue weighted by Crippen LogP contribution is 2.35. The van der Waals surface area contributed by atoms with Gasteiger partial charge in [-0.15, -0.1) is 0 Å². The Morgan fingerprint density at radius 2 is 1.91 bits per heavy atom. The van der Waals surface area contributed by atoms with E-state index >= 15 is 0 Å². The van der Waals surface area contributed by atoms with Gasteiger partial charge in [0.05, 0.1) is 6.67 Å². The van der Waals surface area contributed by atoms with Gasteiger partial charge in [0.25, 0.3) is 0 Å². The molecule has 2 heterocycles. The minimum absolute atomic E-state index is 0.686. The molecular weight excluding hydrogens is 350 g/mol. The summed E-state index contributed by atoms with van der Waals surface area (Å²) in [7, 11) is 2.23. The van der Waals surface area contributed by atoms with E-state index in [-0.39, 0.29) is 0 Å². The minimum atomic E-state index is 0.686. The number of hydrogen-bond donors (Lipinski definition) is 0. The Balaban J connectivity index is 1.39. The number of rotatable bonds is 3. The second kappa shape index (κ2) is 6.58. The van der Waals surface area contributed by atoms with Crippen LogP contribution in [0.1, 0.15) is 31.7 Å². The van der Waals surface area contributed by atoms with E-state index in [0.29, 0.717) is 6.04 Å². The molecule has 2 aliphatic rings. The van der Waals surface area contributed by atoms with Crippen molar-refractivity contribution in [3.05, 3.63) is 34.9 Å². The Morgan fingerprint density at radius 1 is 1.09 bits per heavy atom. The van der Waals surface area contributed by atoms with Gasteiger partial charge in [0.15, 0.2) is 0 Å². The average molecular weight is 376 g/mol. The highest BCUT2D eigenvalue weighted by molar-refractivity contribution is 9.10. The molecule has 1 aromatic carbocycles. The minimum Gasteiger partial charge on any atom is -0.344 e. The molecule has 1 saturated heterocycles. The molecule has 4 heteroatoms. The van der Waals surface area contributed by atoms with E-state index in [1.165, 1.54) is 60.7 Å². The number of nitrogens with zero attached hydrogens (tertiary/aromatic N) is 3. The second-order valence-corrected chi connectivity index (χ2v) is 8.31. The fourth-order valence-corrected chi connectivity index (χ4v) is 4.75. The third-order valence-corrected chi connectivity index (χ3v) is 6.14. The molecule has 1 aliphatic heterocycles. The van der Waals surface area contributed by atoms with Gasteiger partial charge in [0, 0.05) is 47.2 Å². The van der Waals surface area contributed by atoms with Crippen LogP contribution in [0.5, 0.6) is 0 Å². The monoisotopic (exact) mass is 375 g/mol. The van der Waals surface area contributed by atoms with E-state index in [2.05, 4.69) is 67.8 Å². The van der Waals surface area contributed by atoms with Crippen molar-refractivity contribution in [1.29, 1.82) is 0 Å². The summed E-state index contributed by atoms with van der Waals surface area (Å²) in [5.41, 5.74) is 1.39. The zero-order valence-electron chi connectivity index (χ0n) is 13.9. The van der Waals surface area contributed by atoms with E-state index in [1.54, 1.807) is 0 Å². The van der Waals surface area contributed by atoms with Crippen LogP contribution in [0.15, 0.2) is 34.9 Å². The van der Waals surface area contributed by atoms with Crippen LogP contribution in [0.4, 0.5) is 0 Å². The molecule has 1 aliphatic carbocycles. The van der Waals surface area contributed by atoms with Crippen LogP contribution in [0.25, 0.3) is 10.9 Å². The smallest absolute Gasteiger partial charge is 0.0504 e. The third kappa shape index (κ3) is 3.35. The van der Waals surface area contributed by atoms with Crippen LogP contribution in [0.2, 0.25) is 0 Å². The van der Waals surface area contributed by atoms with Gasteiger partial charge in [-0.3, -0.25) is 9.80 Å². The third-order valence-electron chi connectivity index (χ3n) is 5.65. The zero-order chi connectivity index (χ0) is 15.8. The Morgan fingerprint density at radius 3 is 2.65 bits per heavy atom. The maximum atomic E-state index is 3.57. The summed E-state index contributed by atoms with van der Waals surface area (Å²) in [6.45, 7) is 4.96. The summed E-state index contributed by atoms with van der Waals surface area (Å²) in [6, 6.07) is 9.58. The summed E-state index contributed by atoms with van der Waals surface area (Å²) >= 11 is 3.57. The average Bonchev–Trinajstić information content (AvgIpc) is 3.14. The number of likely N-dealkylation sites (N-methyl/N-ethyl adjacent to an activating group) is 1. The molecule has 23 heavy (non-hydrogen) atoms. The van der Waals surface area contributed by atoms with Crippen molar-refractivity contribution in [1.82, 2.24) is 14.4 Å². The Kier molecular flexibility index (Phi) is 4.48. The predicted molar refractivity (Wildman–Crippen MR) is 99.7 cm³/mol. The summed E-state index contributed by atoms with van der Waals surface area (Å²) in [6.07, 6.45) is 7.70. The highest BCUT2D eigenvalue weighted by Gasteiger charge is 2.26. The number of benzene rings is 1. The molecule has 124 valence electrons. The lowest BCUT2D eigenvalue weighted by molar-refractivity contribution is 0.189. The van der Waals surface area contributed by atoms with Crippen LogP contribution >= 0.6 is 15.9 Å². The fraction of sp³-hybridized carbons (Fsp3) is 0.579. The van der Waals surface area contributed by atoms with Crippen molar-refractivity contribution in [3.8, 4) is 0 Å². The molecule has 0 bridgehead atoms. The van der Waals surface area contributed by atoms with E-state index in [4.69, 9.17) is 0 Å². The predicted octanol–water partition coefficient (Wildman–Crippen LogP) is 4.34. The first-order valence-corrected chi connectivity index (χ1v) is 9.65. The van der Waals surface area contributed by atoms with Crippen molar-refractivity contribution in [2.24, 2.45) is 5.92 Å². The molecule has 0 amide bonds. The summed E-state index contributed by atoms with van der Waals surface area (Å²) in [4.78, 5) is 5.06. The number of halogens is 1. The Bertz CT molecular complexity index is 672. The molecule has 1 saturated carbocycles. The Hall–Kier alpha value is -0.840. The van der Waals surface area contributed by atoms with E-state index < -0.39 is 0 Å². The summed E-state index contributed by atoms with van der Waals surface area (Å²) in [5, 5.41) is 1.35. The first-order chi connectivity index (χ1) is 11.2. The molecular formula is C19H26BrN3. The van der Waals surface area contributed by atoms with Crippen LogP contribution in [-0.4, -0.2) is 47.7 Å². The molecule has 2 fully saturated rings. The molecule has 3 nitrogen and oxygen atoms in total. The molecule has 0 unspecified atom stereocenters. The van der Waals surface area contributed by atoms with E-state index in [1.807, 2.05) is 0 Å². The molecule has 0 atom stereocenters. The van der Waals surface area contributed by atoms with Crippen LogP contribution in [0, 0.1) is 5.92 Å². The van der Waals surface area contributed by atoms with Gasteiger partial charge < -0.3 is 4.57 Å². The first-order valence-electron chi connectivity index (χ1n) is 8.86. The van der Waals surface area contributed by atoms with Gasteiger partial charge in [0.1, 0.15) is 0 Å². The maximum Gasteiger partial charge on any atom is 0.0504 e. The number of fused-ring (bicyclic) bond motifs is 1. The van der Waals surface area contributed by atoms with E-state index in [0.717, 1.165) is 12.6 Å². The second-order valence-electron chi connectivity index (χ2n) is 7.40. The SMILES string of the molecule is CN1CCN(CC2CCC(n3ccc4cc(Br)ccc43)CC2)C1. The van der Waals surface area contributed by atoms with Crippen LogP contribution in [0.3, 0.4) is 0 Å². The van der Waals surface area contributed by atoms with Crippen molar-refractivity contribution in [3.63, 3.8) is 0 Å². The standard InChI is InChI=1S/C19H26BrN3/c1-21-10-11-22(14-21)13-15-2-5-18(6-3-15)23-9-8-16-12-17(20)4-7-19(16)23/h4,7-9,12,15,18H,2-3,5-6,10-11,13-14H2,1H3. The van der Waals surface area contributed by atoms with Crippen molar-refractivity contribution in [2.45, 2.75) is 31.7 Å². The molecule has 0 N–H and O–H groups in total. The fourth-order valence-electron chi connectivity index (χ4n) is 4.37. The molecule has 4 rings (SSSR count). The molecule has 2 aromatic rings. The van der Waals surface area contributed by atoms with Gasteiger partial charge in [-0.2, -0.15) is 0 Å². The number of aromatic nitrogens is 1. The Labute approximate surface area is 147 Å². The van der Waals surface area contributed by atoms with Gasteiger partial charge in [-0.05, 0) is 62.9 Å². The van der Waals surface area contributed by atoms with E-state index in [9.17, 15) is 0 Å². The number of hydrogen-bond acceptors (Lipinski definition) is 2. The lowest BCUT2D eigenvalue weighted by Gasteiger charge is -2.32. The van der Waals surface area contributed by atoms with Gasteiger partial charge in [-0.1, -0.05) is 15.9 Å².